The Labute approximate surface area is 149 Å². The number of halogens is 1. The predicted molar refractivity (Wildman–Crippen MR) is 100 cm³/mol. The van der Waals surface area contributed by atoms with E-state index in [0.29, 0.717) is 12.1 Å². The normalized spacial score (nSPS) is 11.2. The van der Waals surface area contributed by atoms with Crippen molar-refractivity contribution in [1.82, 2.24) is 10.2 Å². The fourth-order valence-corrected chi connectivity index (χ4v) is 2.49. The van der Waals surface area contributed by atoms with Gasteiger partial charge in [0.05, 0.1) is 0 Å². The van der Waals surface area contributed by atoms with Crippen molar-refractivity contribution in [3.63, 3.8) is 0 Å². The summed E-state index contributed by atoms with van der Waals surface area (Å²) in [5.74, 6) is -0.578. The zero-order valence-electron chi connectivity index (χ0n) is 14.8. The van der Waals surface area contributed by atoms with Gasteiger partial charge in [0.15, 0.2) is 0 Å². The maximum absolute atomic E-state index is 13.5. The highest BCUT2D eigenvalue weighted by molar-refractivity contribution is 5.91. The number of hydrogen-bond acceptors (Lipinski definition) is 2. The molecule has 0 fully saturated rings. The Kier molecular flexibility index (Phi) is 7.36. The zero-order valence-corrected chi connectivity index (χ0v) is 14.8. The quantitative estimate of drug-likeness (QED) is 0.737. The van der Waals surface area contributed by atoms with Crippen molar-refractivity contribution in [2.24, 2.45) is 0 Å². The molecule has 25 heavy (non-hydrogen) atoms. The molecular weight excluding hydrogens is 315 g/mol. The second kappa shape index (κ2) is 9.74. The molecule has 0 heterocycles. The van der Waals surface area contributed by atoms with Crippen LogP contribution in [0.2, 0.25) is 0 Å². The molecule has 2 rings (SSSR count). The van der Waals surface area contributed by atoms with E-state index in [1.165, 1.54) is 23.8 Å². The summed E-state index contributed by atoms with van der Waals surface area (Å²) in [6.07, 6.45) is 2.84. The first kappa shape index (κ1) is 18.9. The zero-order chi connectivity index (χ0) is 18.1. The van der Waals surface area contributed by atoms with Crippen LogP contribution in [0.25, 0.3) is 6.08 Å². The van der Waals surface area contributed by atoms with Gasteiger partial charge in [0.2, 0.25) is 5.91 Å². The number of nitrogens with one attached hydrogen (secondary N) is 1. The van der Waals surface area contributed by atoms with E-state index in [0.717, 1.165) is 25.2 Å². The van der Waals surface area contributed by atoms with E-state index in [1.807, 2.05) is 12.1 Å². The predicted octanol–water partition coefficient (Wildman–Crippen LogP) is 4.00. The van der Waals surface area contributed by atoms with Crippen LogP contribution in [-0.2, 0) is 17.9 Å². The minimum atomic E-state index is -0.338. The topological polar surface area (TPSA) is 32.3 Å². The molecule has 0 aromatic heterocycles. The highest BCUT2D eigenvalue weighted by Gasteiger charge is 2.02. The molecule has 0 atom stereocenters. The molecule has 2 aromatic carbocycles. The Balaban J connectivity index is 1.84. The largest absolute Gasteiger partial charge is 0.348 e. The van der Waals surface area contributed by atoms with Crippen LogP contribution in [0.5, 0.6) is 0 Å². The summed E-state index contributed by atoms with van der Waals surface area (Å²) in [6.45, 7) is 7.76. The van der Waals surface area contributed by atoms with Crippen molar-refractivity contribution in [1.29, 1.82) is 0 Å². The average molecular weight is 340 g/mol. The average Bonchev–Trinajstić information content (AvgIpc) is 2.64. The van der Waals surface area contributed by atoms with Gasteiger partial charge < -0.3 is 5.32 Å². The van der Waals surface area contributed by atoms with Gasteiger partial charge in [0, 0.05) is 24.7 Å². The summed E-state index contributed by atoms with van der Waals surface area (Å²) in [7, 11) is 0. The summed E-state index contributed by atoms with van der Waals surface area (Å²) in [5.41, 5.74) is 2.70. The van der Waals surface area contributed by atoms with Crippen molar-refractivity contribution >= 4 is 12.0 Å². The first-order valence-electron chi connectivity index (χ1n) is 8.63. The van der Waals surface area contributed by atoms with Crippen LogP contribution in [0.3, 0.4) is 0 Å². The second-order valence-electron chi connectivity index (χ2n) is 5.85. The lowest BCUT2D eigenvalue weighted by Crippen LogP contribution is -2.22. The summed E-state index contributed by atoms with van der Waals surface area (Å²) < 4.78 is 13.5. The van der Waals surface area contributed by atoms with E-state index >= 15 is 0 Å². The van der Waals surface area contributed by atoms with Crippen LogP contribution < -0.4 is 5.32 Å². The summed E-state index contributed by atoms with van der Waals surface area (Å²) >= 11 is 0. The third-order valence-electron chi connectivity index (χ3n) is 4.11. The monoisotopic (exact) mass is 340 g/mol. The Bertz CT molecular complexity index is 706. The molecule has 0 bridgehead atoms. The van der Waals surface area contributed by atoms with Crippen molar-refractivity contribution in [3.05, 3.63) is 77.1 Å². The standard InChI is InChI=1S/C21H25FN2O/c1-3-24(4-2)16-18-11-9-17(10-12-18)15-23-21(25)14-13-19-7-5-6-8-20(19)22/h5-14H,3-4,15-16H2,1-2H3,(H,23,25)/b14-13+. The first-order chi connectivity index (χ1) is 12.1. The minimum Gasteiger partial charge on any atom is -0.348 e. The summed E-state index contributed by atoms with van der Waals surface area (Å²) in [4.78, 5) is 14.2. The van der Waals surface area contributed by atoms with Gasteiger partial charge in [0.25, 0.3) is 0 Å². The number of rotatable bonds is 8. The van der Waals surface area contributed by atoms with E-state index in [1.54, 1.807) is 18.2 Å². The van der Waals surface area contributed by atoms with E-state index in [9.17, 15) is 9.18 Å². The molecule has 0 aliphatic carbocycles. The van der Waals surface area contributed by atoms with Crippen LogP contribution in [0, 0.1) is 5.82 Å². The van der Waals surface area contributed by atoms with Crippen LogP contribution in [0.1, 0.15) is 30.5 Å². The highest BCUT2D eigenvalue weighted by atomic mass is 19.1. The van der Waals surface area contributed by atoms with Gasteiger partial charge in [-0.1, -0.05) is 56.3 Å². The molecule has 0 unspecified atom stereocenters. The Morgan fingerprint density at radius 1 is 1.04 bits per heavy atom. The van der Waals surface area contributed by atoms with E-state index in [2.05, 4.69) is 36.2 Å². The van der Waals surface area contributed by atoms with Crippen LogP contribution in [-0.4, -0.2) is 23.9 Å². The van der Waals surface area contributed by atoms with Crippen molar-refractivity contribution in [2.45, 2.75) is 26.9 Å². The lowest BCUT2D eigenvalue weighted by molar-refractivity contribution is -0.116. The molecule has 1 N–H and O–H groups in total. The molecule has 0 radical (unpaired) electrons. The smallest absolute Gasteiger partial charge is 0.244 e. The molecule has 0 saturated carbocycles. The number of carbonyl (C=O) groups is 1. The SMILES string of the molecule is CCN(CC)Cc1ccc(CNC(=O)/C=C/c2ccccc2F)cc1. The van der Waals surface area contributed by atoms with Crippen LogP contribution in [0.15, 0.2) is 54.6 Å². The fraction of sp³-hybridized carbons (Fsp3) is 0.286. The first-order valence-corrected chi connectivity index (χ1v) is 8.63. The summed E-state index contributed by atoms with van der Waals surface area (Å²) in [6, 6.07) is 14.6. The second-order valence-corrected chi connectivity index (χ2v) is 5.85. The number of benzene rings is 2. The van der Waals surface area contributed by atoms with Gasteiger partial charge in [-0.15, -0.1) is 0 Å². The van der Waals surface area contributed by atoms with Gasteiger partial charge in [0.1, 0.15) is 5.82 Å². The van der Waals surface area contributed by atoms with Crippen LogP contribution >= 0.6 is 0 Å². The Morgan fingerprint density at radius 3 is 2.32 bits per heavy atom. The lowest BCUT2D eigenvalue weighted by Gasteiger charge is -2.18. The molecule has 0 saturated heterocycles. The van der Waals surface area contributed by atoms with Gasteiger partial charge in [-0.2, -0.15) is 0 Å². The number of nitrogens with zero attached hydrogens (tertiary/aromatic N) is 1. The molecule has 0 aliphatic rings. The van der Waals surface area contributed by atoms with Crippen molar-refractivity contribution in [3.8, 4) is 0 Å². The Morgan fingerprint density at radius 2 is 1.68 bits per heavy atom. The minimum absolute atomic E-state index is 0.240. The van der Waals surface area contributed by atoms with E-state index in [4.69, 9.17) is 0 Å². The van der Waals surface area contributed by atoms with Crippen molar-refractivity contribution < 1.29 is 9.18 Å². The molecule has 4 heteroatoms. The number of carbonyl (C=O) groups excluding carboxylic acids is 1. The molecule has 132 valence electrons. The number of hydrogen-bond donors (Lipinski definition) is 1. The molecule has 0 aliphatic heterocycles. The molecule has 2 aromatic rings. The van der Waals surface area contributed by atoms with Crippen LogP contribution in [0.4, 0.5) is 4.39 Å². The summed E-state index contributed by atoms with van der Waals surface area (Å²) in [5, 5.41) is 2.81. The van der Waals surface area contributed by atoms with Crippen molar-refractivity contribution in [2.75, 3.05) is 13.1 Å². The van der Waals surface area contributed by atoms with Gasteiger partial charge in [-0.25, -0.2) is 4.39 Å². The van der Waals surface area contributed by atoms with Gasteiger partial charge in [-0.05, 0) is 36.4 Å². The maximum atomic E-state index is 13.5. The molecular formula is C21H25FN2O. The lowest BCUT2D eigenvalue weighted by atomic mass is 10.1. The van der Waals surface area contributed by atoms with E-state index < -0.39 is 0 Å². The highest BCUT2D eigenvalue weighted by Crippen LogP contribution is 2.09. The molecule has 0 spiro atoms. The number of amides is 1. The van der Waals surface area contributed by atoms with Gasteiger partial charge >= 0.3 is 0 Å². The fourth-order valence-electron chi connectivity index (χ4n) is 2.49. The Hall–Kier alpha value is -2.46. The van der Waals surface area contributed by atoms with Gasteiger partial charge in [-0.3, -0.25) is 9.69 Å². The maximum Gasteiger partial charge on any atom is 0.244 e. The molecule has 3 nitrogen and oxygen atoms in total. The third-order valence-corrected chi connectivity index (χ3v) is 4.11. The van der Waals surface area contributed by atoms with E-state index in [-0.39, 0.29) is 11.7 Å². The molecule has 1 amide bonds. The third kappa shape index (κ3) is 6.16.